The minimum Gasteiger partial charge on any atom is -0.469 e. The average molecular weight is 284 g/mol. The second-order valence-electron chi connectivity index (χ2n) is 3.27. The van der Waals surface area contributed by atoms with Gasteiger partial charge in [-0.25, -0.2) is 4.57 Å². The molecule has 0 saturated carbocycles. The van der Waals surface area contributed by atoms with E-state index in [2.05, 4.69) is 4.74 Å². The van der Waals surface area contributed by atoms with Crippen molar-refractivity contribution in [2.75, 3.05) is 26.1 Å². The summed E-state index contributed by atoms with van der Waals surface area (Å²) in [4.78, 5) is 10.9. The van der Waals surface area contributed by atoms with E-state index in [1.54, 1.807) is 0 Å². The molecule has 0 atom stereocenters. The van der Waals surface area contributed by atoms with E-state index in [4.69, 9.17) is 9.05 Å². The second kappa shape index (κ2) is 9.95. The predicted octanol–water partition coefficient (Wildman–Crippen LogP) is 3.24. The van der Waals surface area contributed by atoms with E-state index in [1.807, 2.05) is 13.8 Å². The molecule has 0 bridgehead atoms. The summed E-state index contributed by atoms with van der Waals surface area (Å²) in [5.41, 5.74) is 0. The van der Waals surface area contributed by atoms with Crippen molar-refractivity contribution in [1.82, 2.24) is 0 Å². The lowest BCUT2D eigenvalue weighted by Gasteiger charge is -2.16. The van der Waals surface area contributed by atoms with Gasteiger partial charge in [0.2, 0.25) is 0 Å². The van der Waals surface area contributed by atoms with Crippen molar-refractivity contribution in [3.05, 3.63) is 0 Å². The maximum absolute atomic E-state index is 12.2. The van der Waals surface area contributed by atoms with Crippen LogP contribution in [0.4, 0.5) is 0 Å². The van der Waals surface area contributed by atoms with Gasteiger partial charge in [-0.1, -0.05) is 13.8 Å². The molecule has 102 valence electrons. The van der Waals surface area contributed by atoms with Gasteiger partial charge >= 0.3 is 12.8 Å². The zero-order chi connectivity index (χ0) is 13.1. The van der Waals surface area contributed by atoms with Gasteiger partial charge in [-0.3, -0.25) is 4.79 Å². The number of hydrogen-bond donors (Lipinski definition) is 0. The molecule has 0 aliphatic heterocycles. The van der Waals surface area contributed by atoms with Crippen molar-refractivity contribution in [2.45, 2.75) is 33.1 Å². The molecule has 0 heterocycles. The van der Waals surface area contributed by atoms with Gasteiger partial charge in [0.25, 0.3) is 0 Å². The lowest BCUT2D eigenvalue weighted by molar-refractivity contribution is -0.140. The molecule has 17 heavy (non-hydrogen) atoms. The number of esters is 1. The Bertz CT molecular complexity index is 247. The molecule has 0 aromatic carbocycles. The Balaban J connectivity index is 4.08. The number of carbonyl (C=O) groups excluding carboxylic acids is 1. The van der Waals surface area contributed by atoms with E-state index in [0.717, 1.165) is 24.2 Å². The minimum absolute atomic E-state index is 0.204. The quantitative estimate of drug-likeness (QED) is 0.453. The molecule has 0 rings (SSSR count). The second-order valence-corrected chi connectivity index (χ2v) is 7.47. The van der Waals surface area contributed by atoms with Crippen molar-refractivity contribution in [1.29, 1.82) is 0 Å². The van der Waals surface area contributed by atoms with Crippen LogP contribution in [-0.2, 0) is 23.1 Å². The lowest BCUT2D eigenvalue weighted by Crippen LogP contribution is -2.02. The summed E-state index contributed by atoms with van der Waals surface area (Å²) in [6, 6.07) is 0. The van der Waals surface area contributed by atoms with Gasteiger partial charge in [0.15, 0.2) is 0 Å². The summed E-state index contributed by atoms with van der Waals surface area (Å²) in [7, 11) is 1.33. The van der Waals surface area contributed by atoms with E-state index < -0.39 is 6.80 Å². The van der Waals surface area contributed by atoms with Crippen LogP contribution in [0.1, 0.15) is 33.1 Å². The number of hydrogen-bond acceptors (Lipinski definition) is 6. The molecule has 0 aromatic heterocycles. The first-order valence-electron chi connectivity index (χ1n) is 5.68. The Morgan fingerprint density at radius 3 is 2.12 bits per heavy atom. The molecule has 0 fully saturated rings. The first-order chi connectivity index (χ1) is 8.08. The third-order valence-electron chi connectivity index (χ3n) is 1.69. The molecule has 0 spiro atoms. The Hall–Kier alpha value is -0.0300. The van der Waals surface area contributed by atoms with Gasteiger partial charge in [0.05, 0.1) is 26.7 Å². The zero-order valence-electron chi connectivity index (χ0n) is 10.6. The van der Waals surface area contributed by atoms with Crippen molar-refractivity contribution >= 4 is 24.1 Å². The van der Waals surface area contributed by atoms with E-state index in [-0.39, 0.29) is 12.4 Å². The van der Waals surface area contributed by atoms with Gasteiger partial charge in [0, 0.05) is 5.75 Å². The number of carbonyl (C=O) groups is 1. The Kier molecular flexibility index (Phi) is 9.93. The molecular weight excluding hydrogens is 263 g/mol. The fraction of sp³-hybridized carbons (Fsp3) is 0.900. The molecule has 0 amide bonds. The van der Waals surface area contributed by atoms with E-state index in [0.29, 0.717) is 19.0 Å². The van der Waals surface area contributed by atoms with Crippen LogP contribution in [0.25, 0.3) is 0 Å². The van der Waals surface area contributed by atoms with E-state index in [9.17, 15) is 9.36 Å². The molecule has 0 aliphatic rings. The predicted molar refractivity (Wildman–Crippen MR) is 69.2 cm³/mol. The fourth-order valence-corrected chi connectivity index (χ4v) is 4.22. The summed E-state index contributed by atoms with van der Waals surface area (Å²) in [6.45, 7) is 1.55. The third kappa shape index (κ3) is 8.66. The summed E-state index contributed by atoms with van der Waals surface area (Å²) >= 11 is 1.06. The molecule has 7 heteroatoms. The SMILES string of the molecule is CCCOP(=O)(OCCC)SCCC(=O)OC. The highest BCUT2D eigenvalue weighted by Gasteiger charge is 2.25. The summed E-state index contributed by atoms with van der Waals surface area (Å²) in [6.07, 6.45) is 1.75. The van der Waals surface area contributed by atoms with Crippen molar-refractivity contribution in [3.8, 4) is 0 Å². The van der Waals surface area contributed by atoms with Crippen LogP contribution in [0, 0.1) is 0 Å². The van der Waals surface area contributed by atoms with Gasteiger partial charge in [-0.15, -0.1) is 0 Å². The smallest absolute Gasteiger partial charge is 0.389 e. The monoisotopic (exact) mass is 284 g/mol. The highest BCUT2D eigenvalue weighted by Crippen LogP contribution is 2.60. The molecule has 0 saturated heterocycles. The van der Waals surface area contributed by atoms with E-state index in [1.165, 1.54) is 7.11 Å². The summed E-state index contributed by atoms with van der Waals surface area (Å²) in [5, 5.41) is 0. The summed E-state index contributed by atoms with van der Waals surface area (Å²) in [5.74, 6) is 0.0484. The fourth-order valence-electron chi connectivity index (χ4n) is 0.861. The van der Waals surface area contributed by atoms with Gasteiger partial charge in [0.1, 0.15) is 0 Å². The Morgan fingerprint density at radius 1 is 1.18 bits per heavy atom. The van der Waals surface area contributed by atoms with Crippen molar-refractivity contribution in [2.24, 2.45) is 0 Å². The van der Waals surface area contributed by atoms with Crippen LogP contribution in [0.15, 0.2) is 0 Å². The molecular formula is C10H21O5PS. The topological polar surface area (TPSA) is 61.8 Å². The van der Waals surface area contributed by atoms with Crippen LogP contribution in [0.2, 0.25) is 0 Å². The van der Waals surface area contributed by atoms with Crippen LogP contribution < -0.4 is 0 Å². The zero-order valence-corrected chi connectivity index (χ0v) is 12.4. The molecule has 0 unspecified atom stereocenters. The highest BCUT2D eigenvalue weighted by atomic mass is 32.7. The largest absolute Gasteiger partial charge is 0.469 e. The molecule has 0 N–H and O–H groups in total. The van der Waals surface area contributed by atoms with Crippen LogP contribution >= 0.6 is 18.2 Å². The van der Waals surface area contributed by atoms with Crippen LogP contribution in [0.3, 0.4) is 0 Å². The maximum atomic E-state index is 12.2. The lowest BCUT2D eigenvalue weighted by atomic mass is 10.5. The van der Waals surface area contributed by atoms with Gasteiger partial charge in [-0.05, 0) is 24.2 Å². The normalized spacial score (nSPS) is 11.5. The standard InChI is InChI=1S/C10H21O5PS/c1-4-7-14-16(12,15-8-5-2)17-9-6-10(11)13-3/h4-9H2,1-3H3. The maximum Gasteiger partial charge on any atom is 0.389 e. The highest BCUT2D eigenvalue weighted by molar-refractivity contribution is 8.55. The first kappa shape index (κ1) is 17.0. The number of ether oxygens (including phenoxy) is 1. The molecule has 0 radical (unpaired) electrons. The molecule has 0 aromatic rings. The molecule has 5 nitrogen and oxygen atoms in total. The third-order valence-corrected chi connectivity index (χ3v) is 5.52. The minimum atomic E-state index is -3.11. The van der Waals surface area contributed by atoms with Crippen molar-refractivity contribution < 1.29 is 23.1 Å². The number of rotatable bonds is 10. The van der Waals surface area contributed by atoms with Crippen molar-refractivity contribution in [3.63, 3.8) is 0 Å². The number of methoxy groups -OCH3 is 1. The Morgan fingerprint density at radius 2 is 1.71 bits per heavy atom. The molecule has 0 aliphatic carbocycles. The van der Waals surface area contributed by atoms with Gasteiger partial charge < -0.3 is 13.8 Å². The first-order valence-corrected chi connectivity index (χ1v) is 8.81. The van der Waals surface area contributed by atoms with Crippen LogP contribution in [-0.4, -0.2) is 32.0 Å². The van der Waals surface area contributed by atoms with Gasteiger partial charge in [-0.2, -0.15) is 0 Å². The summed E-state index contributed by atoms with van der Waals surface area (Å²) < 4.78 is 27.2. The Labute approximate surface area is 107 Å². The van der Waals surface area contributed by atoms with Crippen LogP contribution in [0.5, 0.6) is 0 Å². The van der Waals surface area contributed by atoms with E-state index >= 15 is 0 Å². The average Bonchev–Trinajstić information content (AvgIpc) is 2.34.